The lowest BCUT2D eigenvalue weighted by Gasteiger charge is -2.65. The lowest BCUT2D eigenvalue weighted by molar-refractivity contribution is -0.222. The minimum atomic E-state index is -1.24. The highest BCUT2D eigenvalue weighted by molar-refractivity contribution is 5.66. The number of hydrogen-bond donors (Lipinski definition) is 3. The molecule has 5 heteroatoms. The molecule has 4 fully saturated rings. The fourth-order valence-electron chi connectivity index (χ4n) is 9.51. The lowest BCUT2D eigenvalue weighted by Crippen LogP contribution is -2.65. The third kappa shape index (κ3) is 3.48. The zero-order valence-electron chi connectivity index (χ0n) is 19.8. The fraction of sp³-hybridized carbons (Fsp3) is 0.962. The van der Waals surface area contributed by atoms with Gasteiger partial charge in [-0.2, -0.15) is 0 Å². The molecule has 31 heavy (non-hydrogen) atoms. The van der Waals surface area contributed by atoms with Crippen LogP contribution in [0.4, 0.5) is 4.39 Å². The van der Waals surface area contributed by atoms with Gasteiger partial charge in [-0.05, 0) is 91.3 Å². The number of carboxylic acids is 1. The maximum absolute atomic E-state index is 15.4. The molecule has 0 aromatic carbocycles. The van der Waals surface area contributed by atoms with E-state index in [1.54, 1.807) is 0 Å². The van der Waals surface area contributed by atoms with Gasteiger partial charge in [0.25, 0.3) is 0 Å². The quantitative estimate of drug-likeness (QED) is 0.560. The first kappa shape index (κ1) is 23.5. The van der Waals surface area contributed by atoms with Crippen molar-refractivity contribution in [3.8, 4) is 0 Å². The molecule has 0 aromatic heterocycles. The van der Waals surface area contributed by atoms with Gasteiger partial charge in [0, 0.05) is 12.3 Å². The van der Waals surface area contributed by atoms with Gasteiger partial charge in [-0.15, -0.1) is 0 Å². The van der Waals surface area contributed by atoms with Crippen LogP contribution in [-0.2, 0) is 4.79 Å². The highest BCUT2D eigenvalue weighted by Gasteiger charge is 2.66. The van der Waals surface area contributed by atoms with E-state index in [0.717, 1.165) is 44.9 Å². The second-order valence-electron chi connectivity index (χ2n) is 12.1. The summed E-state index contributed by atoms with van der Waals surface area (Å²) < 4.78 is 15.4. The predicted molar refractivity (Wildman–Crippen MR) is 118 cm³/mol. The first-order valence-electron chi connectivity index (χ1n) is 12.8. The highest BCUT2D eigenvalue weighted by Crippen LogP contribution is 2.69. The second-order valence-corrected chi connectivity index (χ2v) is 12.1. The van der Waals surface area contributed by atoms with Crippen molar-refractivity contribution in [2.45, 2.75) is 104 Å². The standard InChI is InChI=1S/C26H43FO4/c1-5-15-22-23(27)19(28)11-13-26(22,4)18-10-12-25(3)16(14(2)6-9-20(29)30)7-8-17(25)21(18)24(15)31/h14-19,21-24,28,31H,5-13H2,1-4H3,(H,29,30)/t14?,15-,16?,17?,18?,19-,21?,22-,23+,24-,25-,26-/m1/s1. The molecular weight excluding hydrogens is 395 g/mol. The molecule has 0 saturated heterocycles. The van der Waals surface area contributed by atoms with Gasteiger partial charge in [-0.1, -0.05) is 34.1 Å². The average Bonchev–Trinajstić information content (AvgIpc) is 3.08. The maximum atomic E-state index is 15.4. The van der Waals surface area contributed by atoms with Crippen LogP contribution in [0.2, 0.25) is 0 Å². The molecule has 0 heterocycles. The normalized spacial score (nSPS) is 52.7. The number of aliphatic hydroxyl groups excluding tert-OH is 2. The molecule has 0 aliphatic heterocycles. The third-order valence-corrected chi connectivity index (χ3v) is 11.0. The molecule has 0 aromatic rings. The SMILES string of the molecule is CC[C@@H]1[C@@H]2[C@@H](F)[C@H](O)CC[C@]2(C)C2CC[C@]3(C)C(C(C)CCC(=O)O)CCC3C2[C@@H]1O. The van der Waals surface area contributed by atoms with Crippen molar-refractivity contribution in [1.82, 2.24) is 0 Å². The molecule has 178 valence electrons. The summed E-state index contributed by atoms with van der Waals surface area (Å²) in [6.45, 7) is 8.93. The van der Waals surface area contributed by atoms with Gasteiger partial charge < -0.3 is 15.3 Å². The molecule has 3 N–H and O–H groups in total. The summed E-state index contributed by atoms with van der Waals surface area (Å²) in [6, 6.07) is 0. The maximum Gasteiger partial charge on any atom is 0.303 e. The van der Waals surface area contributed by atoms with E-state index in [2.05, 4.69) is 27.7 Å². The Labute approximate surface area is 187 Å². The lowest BCUT2D eigenvalue weighted by atomic mass is 9.41. The first-order chi connectivity index (χ1) is 14.6. The van der Waals surface area contributed by atoms with E-state index in [0.29, 0.717) is 30.1 Å². The van der Waals surface area contributed by atoms with Crippen LogP contribution in [0, 0.1) is 52.3 Å². The minimum absolute atomic E-state index is 0.0953. The summed E-state index contributed by atoms with van der Waals surface area (Å²) in [6.07, 6.45) is 4.75. The Morgan fingerprint density at radius 3 is 2.35 bits per heavy atom. The van der Waals surface area contributed by atoms with Crippen LogP contribution in [0.3, 0.4) is 0 Å². The van der Waals surface area contributed by atoms with E-state index < -0.39 is 24.3 Å². The van der Waals surface area contributed by atoms with Crippen LogP contribution in [0.1, 0.15) is 85.5 Å². The largest absolute Gasteiger partial charge is 0.481 e. The van der Waals surface area contributed by atoms with E-state index in [9.17, 15) is 15.0 Å². The Morgan fingerprint density at radius 1 is 1.06 bits per heavy atom. The summed E-state index contributed by atoms with van der Waals surface area (Å²) in [4.78, 5) is 11.1. The topological polar surface area (TPSA) is 77.8 Å². The van der Waals surface area contributed by atoms with Crippen LogP contribution < -0.4 is 0 Å². The number of alkyl halides is 1. The number of aliphatic carboxylic acids is 1. The molecule has 0 spiro atoms. The molecule has 4 aliphatic rings. The number of carbonyl (C=O) groups is 1. The van der Waals surface area contributed by atoms with Gasteiger partial charge in [-0.3, -0.25) is 4.79 Å². The first-order valence-corrected chi connectivity index (χ1v) is 12.8. The Bertz CT molecular complexity index is 684. The van der Waals surface area contributed by atoms with Gasteiger partial charge in [0.15, 0.2) is 0 Å². The van der Waals surface area contributed by atoms with Gasteiger partial charge in [0.1, 0.15) is 6.17 Å². The zero-order chi connectivity index (χ0) is 22.7. The van der Waals surface area contributed by atoms with E-state index in [4.69, 9.17) is 5.11 Å². The van der Waals surface area contributed by atoms with Crippen molar-refractivity contribution in [2.75, 3.05) is 0 Å². The average molecular weight is 439 g/mol. The van der Waals surface area contributed by atoms with Crippen LogP contribution in [-0.4, -0.2) is 39.7 Å². The van der Waals surface area contributed by atoms with Gasteiger partial charge in [0.2, 0.25) is 0 Å². The van der Waals surface area contributed by atoms with Gasteiger partial charge in [-0.25, -0.2) is 4.39 Å². The smallest absolute Gasteiger partial charge is 0.303 e. The Morgan fingerprint density at radius 2 is 1.71 bits per heavy atom. The number of halogens is 1. The molecule has 4 aliphatic carbocycles. The monoisotopic (exact) mass is 438 g/mol. The predicted octanol–water partition coefficient (Wildman–Crippen LogP) is 5.06. The molecule has 4 nitrogen and oxygen atoms in total. The van der Waals surface area contributed by atoms with Crippen molar-refractivity contribution in [1.29, 1.82) is 0 Å². The molecule has 12 atom stereocenters. The molecule has 5 unspecified atom stereocenters. The Balaban J connectivity index is 1.64. The second kappa shape index (κ2) is 8.27. The number of aliphatic hydroxyl groups is 2. The Hall–Kier alpha value is -0.680. The minimum Gasteiger partial charge on any atom is -0.481 e. The molecule has 4 saturated carbocycles. The Kier molecular flexibility index (Phi) is 6.26. The van der Waals surface area contributed by atoms with Gasteiger partial charge in [0.05, 0.1) is 12.2 Å². The van der Waals surface area contributed by atoms with Gasteiger partial charge >= 0.3 is 5.97 Å². The van der Waals surface area contributed by atoms with E-state index >= 15 is 4.39 Å². The third-order valence-electron chi connectivity index (χ3n) is 11.0. The van der Waals surface area contributed by atoms with Crippen molar-refractivity contribution in [3.63, 3.8) is 0 Å². The summed E-state index contributed by atoms with van der Waals surface area (Å²) >= 11 is 0. The van der Waals surface area contributed by atoms with Crippen molar-refractivity contribution < 1.29 is 24.5 Å². The number of hydrogen-bond acceptors (Lipinski definition) is 3. The van der Waals surface area contributed by atoms with Crippen LogP contribution in [0.25, 0.3) is 0 Å². The van der Waals surface area contributed by atoms with Crippen molar-refractivity contribution in [2.24, 2.45) is 52.3 Å². The van der Waals surface area contributed by atoms with Crippen LogP contribution in [0.5, 0.6) is 0 Å². The zero-order valence-corrected chi connectivity index (χ0v) is 19.8. The van der Waals surface area contributed by atoms with E-state index in [-0.39, 0.29) is 35.0 Å². The molecule has 0 bridgehead atoms. The van der Waals surface area contributed by atoms with Crippen LogP contribution >= 0.6 is 0 Å². The van der Waals surface area contributed by atoms with E-state index in [1.165, 1.54) is 0 Å². The molecular formula is C26H43FO4. The summed E-state index contributed by atoms with van der Waals surface area (Å²) in [5.74, 6) is 0.733. The molecule has 0 amide bonds. The van der Waals surface area contributed by atoms with E-state index in [1.807, 2.05) is 0 Å². The van der Waals surface area contributed by atoms with Crippen LogP contribution in [0.15, 0.2) is 0 Å². The summed E-state index contributed by atoms with van der Waals surface area (Å²) in [5, 5.41) is 31.1. The summed E-state index contributed by atoms with van der Waals surface area (Å²) in [5.41, 5.74) is -0.0254. The molecule has 4 rings (SSSR count). The summed E-state index contributed by atoms with van der Waals surface area (Å²) in [7, 11) is 0. The van der Waals surface area contributed by atoms with Crippen molar-refractivity contribution >= 4 is 5.97 Å². The number of fused-ring (bicyclic) bond motifs is 5. The molecule has 0 radical (unpaired) electrons. The fourth-order valence-corrected chi connectivity index (χ4v) is 9.51. The van der Waals surface area contributed by atoms with Crippen molar-refractivity contribution in [3.05, 3.63) is 0 Å². The highest BCUT2D eigenvalue weighted by atomic mass is 19.1. The number of carboxylic acid groups (broad SMARTS) is 1. The number of rotatable bonds is 5.